The number of carbonyl (C=O) groups excluding carboxylic acids is 1. The van der Waals surface area contributed by atoms with E-state index in [1.807, 2.05) is 0 Å². The number of allylic oxidation sites excluding steroid dienone is 3. The van der Waals surface area contributed by atoms with Crippen molar-refractivity contribution in [2.24, 2.45) is 46.3 Å². The molecule has 3 saturated carbocycles. The molecular formula is C29H46O. The van der Waals surface area contributed by atoms with Crippen LogP contribution < -0.4 is 0 Å². The van der Waals surface area contributed by atoms with Crippen LogP contribution in [0.2, 0.25) is 0 Å². The van der Waals surface area contributed by atoms with E-state index in [1.165, 1.54) is 56.9 Å². The highest BCUT2D eigenvalue weighted by Crippen LogP contribution is 2.67. The van der Waals surface area contributed by atoms with Crippen LogP contribution in [-0.4, -0.2) is 5.78 Å². The highest BCUT2D eigenvalue weighted by Gasteiger charge is 2.58. The van der Waals surface area contributed by atoms with Gasteiger partial charge in [0.15, 0.2) is 5.78 Å². The molecule has 1 nitrogen and oxygen atoms in total. The number of hydrogen-bond donors (Lipinski definition) is 0. The molecule has 0 bridgehead atoms. The predicted molar refractivity (Wildman–Crippen MR) is 127 cm³/mol. The van der Waals surface area contributed by atoms with E-state index in [4.69, 9.17) is 0 Å². The Labute approximate surface area is 186 Å². The van der Waals surface area contributed by atoms with Gasteiger partial charge in [0.1, 0.15) is 0 Å². The van der Waals surface area contributed by atoms with E-state index in [9.17, 15) is 4.79 Å². The Hall–Kier alpha value is -0.850. The van der Waals surface area contributed by atoms with Gasteiger partial charge in [0.2, 0.25) is 0 Å². The van der Waals surface area contributed by atoms with Gasteiger partial charge in [-0.2, -0.15) is 0 Å². The molecule has 0 N–H and O–H groups in total. The summed E-state index contributed by atoms with van der Waals surface area (Å²) in [5.74, 6) is 5.40. The molecule has 30 heavy (non-hydrogen) atoms. The first kappa shape index (κ1) is 22.3. The molecule has 0 radical (unpaired) electrons. The summed E-state index contributed by atoms with van der Waals surface area (Å²) in [7, 11) is 0. The maximum atomic E-state index is 12.1. The molecule has 168 valence electrons. The molecule has 0 aromatic carbocycles. The smallest absolute Gasteiger partial charge is 0.155 e. The van der Waals surface area contributed by atoms with Crippen molar-refractivity contribution in [1.82, 2.24) is 0 Å². The highest BCUT2D eigenvalue weighted by molar-refractivity contribution is 5.91. The lowest BCUT2D eigenvalue weighted by molar-refractivity contribution is -0.117. The van der Waals surface area contributed by atoms with Gasteiger partial charge < -0.3 is 0 Å². The molecule has 0 heterocycles. The van der Waals surface area contributed by atoms with Gasteiger partial charge in [-0.25, -0.2) is 0 Å². The van der Waals surface area contributed by atoms with Crippen LogP contribution in [0.25, 0.3) is 0 Å². The summed E-state index contributed by atoms with van der Waals surface area (Å²) in [6.45, 7) is 14.7. The van der Waals surface area contributed by atoms with E-state index in [2.05, 4.69) is 53.7 Å². The Morgan fingerprint density at radius 2 is 1.87 bits per heavy atom. The third-order valence-electron chi connectivity index (χ3n) is 10.7. The van der Waals surface area contributed by atoms with Crippen LogP contribution in [-0.2, 0) is 4.79 Å². The summed E-state index contributed by atoms with van der Waals surface area (Å²) in [4.78, 5) is 12.1. The van der Waals surface area contributed by atoms with Crippen molar-refractivity contribution in [3.05, 3.63) is 23.3 Å². The molecule has 0 unspecified atom stereocenters. The van der Waals surface area contributed by atoms with Crippen molar-refractivity contribution in [3.63, 3.8) is 0 Å². The Kier molecular flexibility index (Phi) is 6.15. The van der Waals surface area contributed by atoms with Gasteiger partial charge in [-0.1, -0.05) is 58.3 Å². The molecule has 4 aliphatic rings. The Morgan fingerprint density at radius 1 is 1.10 bits per heavy atom. The molecule has 0 amide bonds. The molecule has 0 aliphatic heterocycles. The van der Waals surface area contributed by atoms with Crippen molar-refractivity contribution in [3.8, 4) is 0 Å². The minimum Gasteiger partial charge on any atom is -0.295 e. The predicted octanol–water partition coefficient (Wildman–Crippen LogP) is 8.15. The minimum absolute atomic E-state index is 0.312. The van der Waals surface area contributed by atoms with Crippen LogP contribution in [0, 0.1) is 46.3 Å². The van der Waals surface area contributed by atoms with E-state index < -0.39 is 0 Å². The first-order chi connectivity index (χ1) is 14.2. The van der Waals surface area contributed by atoms with E-state index in [0.717, 1.165) is 48.3 Å². The van der Waals surface area contributed by atoms with Crippen LogP contribution in [0.5, 0.6) is 0 Å². The minimum atomic E-state index is 0.312. The van der Waals surface area contributed by atoms with Crippen LogP contribution in [0.4, 0.5) is 0 Å². The second-order valence-corrected chi connectivity index (χ2v) is 12.2. The van der Waals surface area contributed by atoms with E-state index in [0.29, 0.717) is 16.6 Å². The van der Waals surface area contributed by atoms with Crippen LogP contribution in [0.1, 0.15) is 106 Å². The largest absolute Gasteiger partial charge is 0.295 e. The van der Waals surface area contributed by atoms with Gasteiger partial charge in [0.25, 0.3) is 0 Å². The third-order valence-corrected chi connectivity index (χ3v) is 10.7. The van der Waals surface area contributed by atoms with E-state index in [1.54, 1.807) is 5.57 Å². The molecule has 0 spiro atoms. The normalized spacial score (nSPS) is 42.4. The van der Waals surface area contributed by atoms with Crippen molar-refractivity contribution in [1.29, 1.82) is 0 Å². The standard InChI is InChI=1S/C29H46O/c1-7-21(19(2)3)9-8-20(4)25-12-13-26-24-11-10-22-18-23(30)14-16-28(22,5)27(24)15-17-29(25,26)6/h8,18-19,21,24-27H,7,9-17H2,1-6H3/t21-,24+,25-,26+,27+,28+,29-/m1/s1. The number of carbonyl (C=O) groups is 1. The molecule has 0 saturated heterocycles. The van der Waals surface area contributed by atoms with Crippen molar-refractivity contribution < 1.29 is 4.79 Å². The van der Waals surface area contributed by atoms with Gasteiger partial charge in [0, 0.05) is 6.42 Å². The lowest BCUT2D eigenvalue weighted by Crippen LogP contribution is -2.50. The third kappa shape index (κ3) is 3.57. The fourth-order valence-corrected chi connectivity index (χ4v) is 8.70. The molecule has 4 rings (SSSR count). The number of hydrogen-bond acceptors (Lipinski definition) is 1. The van der Waals surface area contributed by atoms with Crippen LogP contribution in [0.3, 0.4) is 0 Å². The quantitative estimate of drug-likeness (QED) is 0.418. The summed E-state index contributed by atoms with van der Waals surface area (Å²) >= 11 is 0. The SMILES string of the molecule is CC[C@H](CC=C(C)[C@H]1CC[C@H]2[C@@H]3CCC4=CC(=O)CC[C@]4(C)[C@H]3CC[C@]12C)C(C)C. The van der Waals surface area contributed by atoms with Gasteiger partial charge in [-0.3, -0.25) is 4.79 Å². The van der Waals surface area contributed by atoms with Gasteiger partial charge in [-0.05, 0) is 111 Å². The van der Waals surface area contributed by atoms with E-state index >= 15 is 0 Å². The second-order valence-electron chi connectivity index (χ2n) is 12.2. The van der Waals surface area contributed by atoms with Gasteiger partial charge >= 0.3 is 0 Å². The molecule has 7 atom stereocenters. The van der Waals surface area contributed by atoms with E-state index in [-0.39, 0.29) is 0 Å². The average molecular weight is 411 g/mol. The number of ketones is 1. The highest BCUT2D eigenvalue weighted by atomic mass is 16.1. The average Bonchev–Trinajstić information content (AvgIpc) is 3.06. The lowest BCUT2D eigenvalue weighted by Gasteiger charge is -2.58. The first-order valence-electron chi connectivity index (χ1n) is 13.1. The topological polar surface area (TPSA) is 17.1 Å². The zero-order valence-corrected chi connectivity index (χ0v) is 20.6. The number of fused-ring (bicyclic) bond motifs is 5. The van der Waals surface area contributed by atoms with Crippen molar-refractivity contribution in [2.45, 2.75) is 106 Å². The maximum absolute atomic E-state index is 12.1. The zero-order chi connectivity index (χ0) is 21.7. The molecular weight excluding hydrogens is 364 g/mol. The molecule has 1 heteroatoms. The second kappa shape index (κ2) is 8.25. The summed E-state index contributed by atoms with van der Waals surface area (Å²) in [6.07, 6.45) is 17.3. The fraction of sp³-hybridized carbons (Fsp3) is 0.828. The molecule has 3 fully saturated rings. The van der Waals surface area contributed by atoms with Gasteiger partial charge in [0.05, 0.1) is 0 Å². The Balaban J connectivity index is 1.53. The molecule has 4 aliphatic carbocycles. The zero-order valence-electron chi connectivity index (χ0n) is 20.6. The molecule has 0 aromatic heterocycles. The van der Waals surface area contributed by atoms with Gasteiger partial charge in [-0.15, -0.1) is 0 Å². The number of rotatable bonds is 5. The molecule has 0 aromatic rings. The van der Waals surface area contributed by atoms with Crippen molar-refractivity contribution >= 4 is 5.78 Å². The lowest BCUT2D eigenvalue weighted by atomic mass is 9.46. The maximum Gasteiger partial charge on any atom is 0.155 e. The van der Waals surface area contributed by atoms with Crippen LogP contribution >= 0.6 is 0 Å². The Morgan fingerprint density at radius 3 is 2.57 bits per heavy atom. The summed E-state index contributed by atoms with van der Waals surface area (Å²) in [6, 6.07) is 0. The first-order valence-corrected chi connectivity index (χ1v) is 13.1. The summed E-state index contributed by atoms with van der Waals surface area (Å²) in [5, 5.41) is 0. The van der Waals surface area contributed by atoms with Crippen LogP contribution in [0.15, 0.2) is 23.3 Å². The monoisotopic (exact) mass is 410 g/mol. The Bertz CT molecular complexity index is 727. The van der Waals surface area contributed by atoms with Crippen molar-refractivity contribution in [2.75, 3.05) is 0 Å². The summed E-state index contributed by atoms with van der Waals surface area (Å²) in [5.41, 5.74) is 4.02. The fourth-order valence-electron chi connectivity index (χ4n) is 8.70. The summed E-state index contributed by atoms with van der Waals surface area (Å²) < 4.78 is 0.